The average Bonchev–Trinajstić information content (AvgIpc) is 2.61. The summed E-state index contributed by atoms with van der Waals surface area (Å²) in [7, 11) is 0. The summed E-state index contributed by atoms with van der Waals surface area (Å²) in [6, 6.07) is 18.6. The van der Waals surface area contributed by atoms with Crippen LogP contribution in [0.2, 0.25) is 10.0 Å². The lowest BCUT2D eigenvalue weighted by Crippen LogP contribution is -2.19. The van der Waals surface area contributed by atoms with Crippen molar-refractivity contribution in [1.29, 1.82) is 0 Å². The highest BCUT2D eigenvalue weighted by Crippen LogP contribution is 2.23. The first-order valence-electron chi connectivity index (χ1n) is 7.34. The Hall–Kier alpha value is -2.36. The van der Waals surface area contributed by atoms with Gasteiger partial charge in [-0.2, -0.15) is 5.10 Å². The Morgan fingerprint density at radius 2 is 1.71 bits per heavy atom. The summed E-state index contributed by atoms with van der Waals surface area (Å²) in [5, 5.41) is 6.99. The van der Waals surface area contributed by atoms with Gasteiger partial charge in [0.05, 0.1) is 15.8 Å². The van der Waals surface area contributed by atoms with E-state index < -0.39 is 0 Å². The van der Waals surface area contributed by atoms with Gasteiger partial charge >= 0.3 is 0 Å². The predicted octanol–water partition coefficient (Wildman–Crippen LogP) is 5.30. The highest BCUT2D eigenvalue weighted by atomic mass is 35.5. The van der Waals surface area contributed by atoms with Gasteiger partial charge in [-0.1, -0.05) is 65.7 Å². The van der Waals surface area contributed by atoms with Crippen molar-refractivity contribution < 1.29 is 4.79 Å². The third-order valence-electron chi connectivity index (χ3n) is 3.70. The van der Waals surface area contributed by atoms with Crippen LogP contribution in [0, 0.1) is 0 Å². The summed E-state index contributed by atoms with van der Waals surface area (Å²) in [6.07, 6.45) is 0. The second-order valence-electron chi connectivity index (χ2n) is 5.29. The van der Waals surface area contributed by atoms with Crippen molar-refractivity contribution in [3.8, 4) is 0 Å². The maximum atomic E-state index is 12.5. The van der Waals surface area contributed by atoms with Crippen LogP contribution in [0.3, 0.4) is 0 Å². The lowest BCUT2D eigenvalue weighted by atomic mass is 10.0. The molecule has 0 aromatic heterocycles. The highest BCUT2D eigenvalue weighted by Gasteiger charge is 2.09. The molecule has 3 aromatic rings. The maximum Gasteiger partial charge on any atom is 0.272 e. The molecule has 0 fully saturated rings. The number of halogens is 2. The molecule has 1 amide bonds. The molecular weight excluding hydrogens is 343 g/mol. The average molecular weight is 357 g/mol. The standard InChI is InChI=1S/C19H14Cl2N2O/c1-12(14-9-10-17(20)18(21)11-14)22-23-19(24)16-8-4-6-13-5-2-3-7-15(13)16/h2-11H,1H3,(H,23,24). The topological polar surface area (TPSA) is 41.5 Å². The fourth-order valence-electron chi connectivity index (χ4n) is 2.40. The van der Waals surface area contributed by atoms with Crippen LogP contribution in [0.5, 0.6) is 0 Å². The quantitative estimate of drug-likeness (QED) is 0.502. The first-order valence-corrected chi connectivity index (χ1v) is 8.09. The fraction of sp³-hybridized carbons (Fsp3) is 0.0526. The molecule has 1 N–H and O–H groups in total. The molecule has 0 aliphatic carbocycles. The SMILES string of the molecule is CC(=NNC(=O)c1cccc2ccccc12)c1ccc(Cl)c(Cl)c1. The second kappa shape index (κ2) is 7.04. The number of benzene rings is 3. The summed E-state index contributed by atoms with van der Waals surface area (Å²) >= 11 is 11.9. The van der Waals surface area contributed by atoms with Crippen LogP contribution < -0.4 is 5.43 Å². The van der Waals surface area contributed by atoms with Crippen LogP contribution >= 0.6 is 23.2 Å². The number of fused-ring (bicyclic) bond motifs is 1. The molecule has 3 rings (SSSR count). The van der Waals surface area contributed by atoms with Crippen molar-refractivity contribution in [2.24, 2.45) is 5.10 Å². The molecule has 0 radical (unpaired) electrons. The Labute approximate surface area is 149 Å². The maximum absolute atomic E-state index is 12.5. The molecule has 0 spiro atoms. The van der Waals surface area contributed by atoms with Crippen LogP contribution in [0.4, 0.5) is 0 Å². The minimum Gasteiger partial charge on any atom is -0.267 e. The van der Waals surface area contributed by atoms with Gasteiger partial charge in [0.2, 0.25) is 0 Å². The number of amides is 1. The molecule has 0 aliphatic heterocycles. The largest absolute Gasteiger partial charge is 0.272 e. The summed E-state index contributed by atoms with van der Waals surface area (Å²) in [4.78, 5) is 12.5. The molecule has 0 bridgehead atoms. The Morgan fingerprint density at radius 1 is 0.958 bits per heavy atom. The fourth-order valence-corrected chi connectivity index (χ4v) is 2.70. The van der Waals surface area contributed by atoms with Gasteiger partial charge in [0.15, 0.2) is 0 Å². The van der Waals surface area contributed by atoms with Gasteiger partial charge in [-0.15, -0.1) is 0 Å². The normalized spacial score (nSPS) is 11.5. The number of nitrogens with one attached hydrogen (secondary N) is 1. The van der Waals surface area contributed by atoms with E-state index in [1.165, 1.54) is 0 Å². The van der Waals surface area contributed by atoms with Crippen molar-refractivity contribution in [3.05, 3.63) is 81.8 Å². The second-order valence-corrected chi connectivity index (χ2v) is 6.11. The molecule has 0 aliphatic rings. The van der Waals surface area contributed by atoms with Crippen LogP contribution in [0.15, 0.2) is 65.8 Å². The zero-order valence-corrected chi connectivity index (χ0v) is 14.4. The molecule has 0 atom stereocenters. The van der Waals surface area contributed by atoms with Gasteiger partial charge in [0, 0.05) is 5.56 Å². The summed E-state index contributed by atoms with van der Waals surface area (Å²) in [5.74, 6) is -0.258. The van der Waals surface area contributed by atoms with Gasteiger partial charge in [0.25, 0.3) is 5.91 Å². The summed E-state index contributed by atoms with van der Waals surface area (Å²) in [6.45, 7) is 1.79. The Kier molecular flexibility index (Phi) is 4.84. The monoisotopic (exact) mass is 356 g/mol. The third-order valence-corrected chi connectivity index (χ3v) is 4.44. The van der Waals surface area contributed by atoms with Crippen molar-refractivity contribution in [2.45, 2.75) is 6.92 Å². The van der Waals surface area contributed by atoms with E-state index in [-0.39, 0.29) is 5.91 Å². The zero-order chi connectivity index (χ0) is 17.1. The molecule has 0 heterocycles. The van der Waals surface area contributed by atoms with Gasteiger partial charge in [0.1, 0.15) is 0 Å². The molecular formula is C19H14Cl2N2O. The zero-order valence-electron chi connectivity index (χ0n) is 12.9. The number of hydrogen-bond donors (Lipinski definition) is 1. The molecule has 0 saturated heterocycles. The highest BCUT2D eigenvalue weighted by molar-refractivity contribution is 6.42. The summed E-state index contributed by atoms with van der Waals surface area (Å²) in [5.41, 5.74) is 4.61. The van der Waals surface area contributed by atoms with E-state index in [0.29, 0.717) is 21.3 Å². The van der Waals surface area contributed by atoms with E-state index in [2.05, 4.69) is 10.5 Å². The molecule has 0 unspecified atom stereocenters. The third kappa shape index (κ3) is 3.42. The first kappa shape index (κ1) is 16.5. The predicted molar refractivity (Wildman–Crippen MR) is 100 cm³/mol. The minimum atomic E-state index is -0.258. The smallest absolute Gasteiger partial charge is 0.267 e. The number of hydrogen-bond acceptors (Lipinski definition) is 2. The van der Waals surface area contributed by atoms with Crippen LogP contribution in [0.1, 0.15) is 22.8 Å². The first-order chi connectivity index (χ1) is 11.6. The summed E-state index contributed by atoms with van der Waals surface area (Å²) < 4.78 is 0. The van der Waals surface area contributed by atoms with Crippen molar-refractivity contribution in [2.75, 3.05) is 0 Å². The van der Waals surface area contributed by atoms with E-state index in [9.17, 15) is 4.79 Å². The Balaban J connectivity index is 1.85. The van der Waals surface area contributed by atoms with Crippen molar-refractivity contribution >= 4 is 45.6 Å². The molecule has 5 heteroatoms. The molecule has 120 valence electrons. The van der Waals surface area contributed by atoms with Crippen molar-refractivity contribution in [3.63, 3.8) is 0 Å². The number of carbonyl (C=O) groups is 1. The van der Waals surface area contributed by atoms with Gasteiger partial charge in [-0.05, 0) is 41.5 Å². The number of nitrogens with zero attached hydrogens (tertiary/aromatic N) is 1. The Bertz CT molecular complexity index is 946. The van der Waals surface area contributed by atoms with E-state index >= 15 is 0 Å². The lowest BCUT2D eigenvalue weighted by molar-refractivity contribution is 0.0956. The van der Waals surface area contributed by atoms with E-state index in [1.54, 1.807) is 31.2 Å². The number of rotatable bonds is 3. The Morgan fingerprint density at radius 3 is 2.50 bits per heavy atom. The van der Waals surface area contributed by atoms with Gasteiger partial charge in [-0.25, -0.2) is 5.43 Å². The molecule has 0 saturated carbocycles. The van der Waals surface area contributed by atoms with Crippen molar-refractivity contribution in [1.82, 2.24) is 5.43 Å². The number of carbonyl (C=O) groups excluding carboxylic acids is 1. The van der Waals surface area contributed by atoms with Gasteiger partial charge in [-0.3, -0.25) is 4.79 Å². The van der Waals surface area contributed by atoms with Gasteiger partial charge < -0.3 is 0 Å². The lowest BCUT2D eigenvalue weighted by Gasteiger charge is -2.07. The van der Waals surface area contributed by atoms with Crippen LogP contribution in [-0.4, -0.2) is 11.6 Å². The van der Waals surface area contributed by atoms with E-state index in [0.717, 1.165) is 16.3 Å². The number of hydrazone groups is 1. The van der Waals surface area contributed by atoms with Crippen LogP contribution in [0.25, 0.3) is 10.8 Å². The van der Waals surface area contributed by atoms with E-state index in [4.69, 9.17) is 23.2 Å². The minimum absolute atomic E-state index is 0.258. The molecule has 3 aromatic carbocycles. The molecule has 24 heavy (non-hydrogen) atoms. The van der Waals surface area contributed by atoms with E-state index in [1.807, 2.05) is 36.4 Å². The molecule has 3 nitrogen and oxygen atoms in total. The van der Waals surface area contributed by atoms with Crippen LogP contribution in [-0.2, 0) is 0 Å².